The van der Waals surface area contributed by atoms with E-state index in [1.165, 1.54) is 0 Å². The van der Waals surface area contributed by atoms with Crippen molar-refractivity contribution >= 4 is 11.6 Å². The third-order valence-electron chi connectivity index (χ3n) is 4.78. The van der Waals surface area contributed by atoms with Gasteiger partial charge in [0.25, 0.3) is 5.56 Å². The quantitative estimate of drug-likeness (QED) is 0.931. The Kier molecular flexibility index (Phi) is 3.54. The van der Waals surface area contributed by atoms with Crippen LogP contribution in [0.15, 0.2) is 4.79 Å². The number of nitrogens with zero attached hydrogens (tertiary/aromatic N) is 4. The van der Waals surface area contributed by atoms with Gasteiger partial charge in [0.05, 0.1) is 17.0 Å². The van der Waals surface area contributed by atoms with Crippen LogP contribution < -0.4 is 5.56 Å². The lowest BCUT2D eigenvalue weighted by molar-refractivity contribution is 0.241. The minimum atomic E-state index is 0.0237. The molecule has 1 fully saturated rings. The largest absolute Gasteiger partial charge is 0.310 e. The minimum Gasteiger partial charge on any atom is -0.310 e. The van der Waals surface area contributed by atoms with Crippen molar-refractivity contribution < 1.29 is 0 Å². The molecule has 23 heavy (non-hydrogen) atoms. The first-order valence-electron chi connectivity index (χ1n) is 8.05. The molecule has 3 heterocycles. The van der Waals surface area contributed by atoms with Crippen LogP contribution in [0.1, 0.15) is 47.1 Å². The Morgan fingerprint density at radius 3 is 2.83 bits per heavy atom. The van der Waals surface area contributed by atoms with Gasteiger partial charge in [-0.25, -0.2) is 4.98 Å². The molecule has 6 nitrogen and oxygen atoms in total. The molecule has 0 unspecified atom stereocenters. The molecule has 122 valence electrons. The molecule has 2 aliphatic rings. The molecule has 0 spiro atoms. The Labute approximate surface area is 139 Å². The van der Waals surface area contributed by atoms with Crippen LogP contribution in [-0.2, 0) is 26.6 Å². The Balaban J connectivity index is 1.58. The van der Waals surface area contributed by atoms with Gasteiger partial charge in [-0.2, -0.15) is 5.10 Å². The topological polar surface area (TPSA) is 66.8 Å². The van der Waals surface area contributed by atoms with Crippen LogP contribution in [0.25, 0.3) is 0 Å². The molecular weight excluding hydrogens is 314 g/mol. The molecule has 2 aromatic rings. The number of aromatic nitrogens is 4. The molecule has 0 atom stereocenters. The summed E-state index contributed by atoms with van der Waals surface area (Å²) in [5.41, 5.74) is 3.78. The predicted molar refractivity (Wildman–Crippen MR) is 87.6 cm³/mol. The van der Waals surface area contributed by atoms with Gasteiger partial charge in [0, 0.05) is 44.6 Å². The summed E-state index contributed by atoms with van der Waals surface area (Å²) in [5, 5.41) is 5.02. The van der Waals surface area contributed by atoms with E-state index in [9.17, 15) is 4.79 Å². The smallest absolute Gasteiger partial charge is 0.255 e. The van der Waals surface area contributed by atoms with Crippen LogP contribution >= 0.6 is 11.6 Å². The summed E-state index contributed by atoms with van der Waals surface area (Å²) in [6, 6.07) is 0. The molecule has 0 radical (unpaired) electrons. The number of hydrogen-bond acceptors (Lipinski definition) is 4. The monoisotopic (exact) mass is 333 g/mol. The molecule has 0 bridgehead atoms. The van der Waals surface area contributed by atoms with Crippen LogP contribution in [0.4, 0.5) is 0 Å². The fourth-order valence-electron chi connectivity index (χ4n) is 3.26. The van der Waals surface area contributed by atoms with Gasteiger partial charge in [0.15, 0.2) is 0 Å². The number of fused-ring (bicyclic) bond motifs is 1. The Morgan fingerprint density at radius 1 is 1.39 bits per heavy atom. The van der Waals surface area contributed by atoms with E-state index >= 15 is 0 Å². The number of nitrogens with one attached hydrogen (secondary N) is 1. The van der Waals surface area contributed by atoms with E-state index in [0.717, 1.165) is 54.1 Å². The summed E-state index contributed by atoms with van der Waals surface area (Å²) < 4.78 is 1.69. The van der Waals surface area contributed by atoms with Crippen molar-refractivity contribution in [2.24, 2.45) is 7.05 Å². The van der Waals surface area contributed by atoms with Crippen molar-refractivity contribution in [3.8, 4) is 0 Å². The first-order valence-corrected chi connectivity index (χ1v) is 8.43. The van der Waals surface area contributed by atoms with Gasteiger partial charge in [-0.05, 0) is 19.8 Å². The summed E-state index contributed by atoms with van der Waals surface area (Å²) in [4.78, 5) is 22.3. The lowest BCUT2D eigenvalue weighted by Crippen LogP contribution is -2.35. The van der Waals surface area contributed by atoms with E-state index in [-0.39, 0.29) is 5.56 Å². The van der Waals surface area contributed by atoms with Gasteiger partial charge >= 0.3 is 0 Å². The van der Waals surface area contributed by atoms with E-state index in [0.29, 0.717) is 24.2 Å². The van der Waals surface area contributed by atoms with Crippen molar-refractivity contribution in [3.05, 3.63) is 43.8 Å². The second kappa shape index (κ2) is 5.46. The number of rotatable bonds is 3. The summed E-state index contributed by atoms with van der Waals surface area (Å²) in [7, 11) is 1.85. The second-order valence-electron chi connectivity index (χ2n) is 6.59. The maximum Gasteiger partial charge on any atom is 0.255 e. The zero-order chi connectivity index (χ0) is 16.1. The summed E-state index contributed by atoms with van der Waals surface area (Å²) in [6.45, 7) is 4.18. The standard InChI is InChI=1S/C16H20ClN5O/c1-9-11(14(17)21(2)20-9)7-22-6-5-13-12(8-22)16(23)19-15(18-13)10-3-4-10/h10H,3-8H2,1-2H3,(H,18,19,23). The molecular formula is C16H20ClN5O. The number of halogens is 1. The van der Waals surface area contributed by atoms with Gasteiger partial charge < -0.3 is 4.98 Å². The van der Waals surface area contributed by atoms with Crippen molar-refractivity contribution in [1.82, 2.24) is 24.6 Å². The number of H-pyrrole nitrogens is 1. The van der Waals surface area contributed by atoms with E-state index in [4.69, 9.17) is 16.6 Å². The molecule has 0 saturated heterocycles. The van der Waals surface area contributed by atoms with Crippen LogP contribution in [-0.4, -0.2) is 31.2 Å². The zero-order valence-corrected chi connectivity index (χ0v) is 14.2. The Morgan fingerprint density at radius 2 is 2.17 bits per heavy atom. The zero-order valence-electron chi connectivity index (χ0n) is 13.4. The van der Waals surface area contributed by atoms with Crippen LogP contribution in [0.5, 0.6) is 0 Å². The summed E-state index contributed by atoms with van der Waals surface area (Å²) in [5.74, 6) is 1.36. The third-order valence-corrected chi connectivity index (χ3v) is 5.25. The number of aryl methyl sites for hydroxylation is 2. The normalized spacial score (nSPS) is 18.2. The lowest BCUT2D eigenvalue weighted by atomic mass is 10.1. The lowest BCUT2D eigenvalue weighted by Gasteiger charge is -2.27. The minimum absolute atomic E-state index is 0.0237. The van der Waals surface area contributed by atoms with E-state index in [1.54, 1.807) is 4.68 Å². The van der Waals surface area contributed by atoms with Crippen molar-refractivity contribution in [3.63, 3.8) is 0 Å². The average Bonchev–Trinajstić information content (AvgIpc) is 3.33. The molecule has 1 saturated carbocycles. The van der Waals surface area contributed by atoms with E-state index in [1.807, 2.05) is 14.0 Å². The summed E-state index contributed by atoms with van der Waals surface area (Å²) >= 11 is 6.32. The molecule has 0 amide bonds. The highest BCUT2D eigenvalue weighted by Gasteiger charge is 2.29. The molecule has 7 heteroatoms. The van der Waals surface area contributed by atoms with Gasteiger partial charge in [-0.15, -0.1) is 0 Å². The number of hydrogen-bond donors (Lipinski definition) is 1. The molecule has 1 aliphatic carbocycles. The highest BCUT2D eigenvalue weighted by Crippen LogP contribution is 2.37. The van der Waals surface area contributed by atoms with Crippen LogP contribution in [0.3, 0.4) is 0 Å². The first-order chi connectivity index (χ1) is 11.0. The SMILES string of the molecule is Cc1nn(C)c(Cl)c1CN1CCc2nc(C3CC3)[nH]c(=O)c2C1. The third kappa shape index (κ3) is 2.70. The molecule has 0 aromatic carbocycles. The Bertz CT molecular complexity index is 821. The van der Waals surface area contributed by atoms with Gasteiger partial charge in [-0.1, -0.05) is 11.6 Å². The molecule has 1 aliphatic heterocycles. The van der Waals surface area contributed by atoms with Crippen molar-refractivity contribution in [2.75, 3.05) is 6.54 Å². The van der Waals surface area contributed by atoms with Crippen LogP contribution in [0, 0.1) is 6.92 Å². The summed E-state index contributed by atoms with van der Waals surface area (Å²) in [6.07, 6.45) is 3.11. The maximum absolute atomic E-state index is 12.4. The fraction of sp³-hybridized carbons (Fsp3) is 0.562. The van der Waals surface area contributed by atoms with Crippen molar-refractivity contribution in [2.45, 2.75) is 45.2 Å². The van der Waals surface area contributed by atoms with Gasteiger partial charge in [-0.3, -0.25) is 14.4 Å². The second-order valence-corrected chi connectivity index (χ2v) is 6.95. The highest BCUT2D eigenvalue weighted by molar-refractivity contribution is 6.30. The first kappa shape index (κ1) is 14.9. The molecule has 4 rings (SSSR count). The predicted octanol–water partition coefficient (Wildman–Crippen LogP) is 1.90. The molecule has 1 N–H and O–H groups in total. The van der Waals surface area contributed by atoms with Crippen molar-refractivity contribution in [1.29, 1.82) is 0 Å². The van der Waals surface area contributed by atoms with E-state index in [2.05, 4.69) is 15.0 Å². The molecule has 2 aromatic heterocycles. The average molecular weight is 334 g/mol. The van der Waals surface area contributed by atoms with Gasteiger partial charge in [0.2, 0.25) is 0 Å². The highest BCUT2D eigenvalue weighted by atomic mass is 35.5. The van der Waals surface area contributed by atoms with Crippen LogP contribution in [0.2, 0.25) is 5.15 Å². The Hall–Kier alpha value is -1.66. The van der Waals surface area contributed by atoms with Gasteiger partial charge in [0.1, 0.15) is 11.0 Å². The number of aromatic amines is 1. The van der Waals surface area contributed by atoms with E-state index < -0.39 is 0 Å². The maximum atomic E-state index is 12.4. The fourth-order valence-corrected chi connectivity index (χ4v) is 3.50.